The number of unbranched alkanes of at least 4 members (excludes halogenated alkanes) is 3. The normalized spacial score (nSPS) is 11.1. The molecule has 15 heavy (non-hydrogen) atoms. The first-order chi connectivity index (χ1) is 7.04. The van der Waals surface area contributed by atoms with Crippen molar-refractivity contribution in [1.82, 2.24) is 5.32 Å². The summed E-state index contributed by atoms with van der Waals surface area (Å²) in [6.07, 6.45) is 6.32. The summed E-state index contributed by atoms with van der Waals surface area (Å²) in [6, 6.07) is 0. The molecule has 0 aliphatic carbocycles. The van der Waals surface area contributed by atoms with Crippen LogP contribution in [0.5, 0.6) is 0 Å². The Hall–Kier alpha value is -0.530. The van der Waals surface area contributed by atoms with E-state index >= 15 is 0 Å². The van der Waals surface area contributed by atoms with E-state index in [-0.39, 0.29) is 13.3 Å². The van der Waals surface area contributed by atoms with Crippen molar-refractivity contribution in [1.29, 1.82) is 0 Å². The SMILES string of the molecule is CC(C)CCCCCCNC(=O)C(C)C.[HH]. The summed E-state index contributed by atoms with van der Waals surface area (Å²) in [7, 11) is 0. The van der Waals surface area contributed by atoms with Crippen LogP contribution < -0.4 is 5.32 Å². The van der Waals surface area contributed by atoms with Crippen LogP contribution in [0.1, 0.15) is 61.2 Å². The van der Waals surface area contributed by atoms with Gasteiger partial charge < -0.3 is 5.32 Å². The third kappa shape index (κ3) is 9.77. The molecule has 0 rings (SSSR count). The summed E-state index contributed by atoms with van der Waals surface area (Å²) < 4.78 is 0. The standard InChI is InChI=1S/C13H27NO.H2/c1-11(2)9-7-5-6-8-10-14-13(15)12(3)4;/h11-12H,5-10H2,1-4H3,(H,14,15);1H. The van der Waals surface area contributed by atoms with Crippen LogP contribution in [0.15, 0.2) is 0 Å². The molecular formula is C13H29NO. The van der Waals surface area contributed by atoms with E-state index in [0.29, 0.717) is 0 Å². The van der Waals surface area contributed by atoms with Gasteiger partial charge in [-0.15, -0.1) is 0 Å². The molecule has 0 saturated heterocycles. The molecule has 2 heteroatoms. The number of amides is 1. The molecule has 92 valence electrons. The van der Waals surface area contributed by atoms with Crippen LogP contribution in [0.25, 0.3) is 0 Å². The lowest BCUT2D eigenvalue weighted by atomic mass is 10.0. The van der Waals surface area contributed by atoms with Crippen molar-refractivity contribution in [3.8, 4) is 0 Å². The zero-order chi connectivity index (χ0) is 11.7. The van der Waals surface area contributed by atoms with Crippen LogP contribution in [0.2, 0.25) is 0 Å². The van der Waals surface area contributed by atoms with Gasteiger partial charge in [0.1, 0.15) is 0 Å². The molecule has 0 aliphatic heterocycles. The maximum absolute atomic E-state index is 11.2. The zero-order valence-corrected chi connectivity index (χ0v) is 10.8. The van der Waals surface area contributed by atoms with E-state index in [1.165, 1.54) is 25.7 Å². The third-order valence-corrected chi connectivity index (χ3v) is 2.53. The van der Waals surface area contributed by atoms with Crippen molar-refractivity contribution >= 4 is 5.91 Å². The van der Waals surface area contributed by atoms with Gasteiger partial charge in [-0.1, -0.05) is 53.4 Å². The number of nitrogens with one attached hydrogen (secondary N) is 1. The van der Waals surface area contributed by atoms with Gasteiger partial charge in [-0.25, -0.2) is 0 Å². The van der Waals surface area contributed by atoms with Gasteiger partial charge in [0, 0.05) is 13.9 Å². The predicted molar refractivity (Wildman–Crippen MR) is 67.9 cm³/mol. The monoisotopic (exact) mass is 215 g/mol. The van der Waals surface area contributed by atoms with Crippen LogP contribution in [-0.4, -0.2) is 12.5 Å². The van der Waals surface area contributed by atoms with Crippen molar-refractivity contribution in [2.75, 3.05) is 6.54 Å². The highest BCUT2D eigenvalue weighted by Gasteiger charge is 2.04. The van der Waals surface area contributed by atoms with Crippen molar-refractivity contribution in [3.63, 3.8) is 0 Å². The highest BCUT2D eigenvalue weighted by Crippen LogP contribution is 2.08. The van der Waals surface area contributed by atoms with Gasteiger partial charge in [0.2, 0.25) is 5.91 Å². The molecule has 0 aromatic carbocycles. The minimum atomic E-state index is 0. The maximum Gasteiger partial charge on any atom is 0.222 e. The molecule has 0 saturated carbocycles. The molecule has 0 aliphatic rings. The fourth-order valence-corrected chi connectivity index (χ4v) is 1.45. The van der Waals surface area contributed by atoms with E-state index in [2.05, 4.69) is 19.2 Å². The molecule has 0 aromatic heterocycles. The Bertz CT molecular complexity index is 169. The second-order valence-electron chi connectivity index (χ2n) is 5.04. The Kier molecular flexibility index (Phi) is 8.44. The average Bonchev–Trinajstić information content (AvgIpc) is 2.15. The molecule has 0 aromatic rings. The minimum absolute atomic E-state index is 0. The summed E-state index contributed by atoms with van der Waals surface area (Å²) >= 11 is 0. The first-order valence-electron chi connectivity index (χ1n) is 6.31. The number of carbonyl (C=O) groups is 1. The summed E-state index contributed by atoms with van der Waals surface area (Å²) in [5, 5.41) is 2.94. The molecule has 0 heterocycles. The van der Waals surface area contributed by atoms with E-state index < -0.39 is 0 Å². The van der Waals surface area contributed by atoms with Crippen molar-refractivity contribution < 1.29 is 6.22 Å². The Labute approximate surface area is 96.3 Å². The second kappa shape index (κ2) is 8.75. The highest BCUT2D eigenvalue weighted by molar-refractivity contribution is 5.77. The average molecular weight is 215 g/mol. The summed E-state index contributed by atoms with van der Waals surface area (Å²) in [4.78, 5) is 11.2. The molecule has 2 nitrogen and oxygen atoms in total. The molecule has 0 unspecified atom stereocenters. The van der Waals surface area contributed by atoms with Crippen LogP contribution in [0.4, 0.5) is 0 Å². The van der Waals surface area contributed by atoms with E-state index in [9.17, 15) is 4.79 Å². The van der Waals surface area contributed by atoms with E-state index in [0.717, 1.165) is 18.9 Å². The zero-order valence-electron chi connectivity index (χ0n) is 10.8. The summed E-state index contributed by atoms with van der Waals surface area (Å²) in [5.41, 5.74) is 0. The fourth-order valence-electron chi connectivity index (χ4n) is 1.45. The highest BCUT2D eigenvalue weighted by atomic mass is 16.1. The quantitative estimate of drug-likeness (QED) is 0.616. The van der Waals surface area contributed by atoms with Crippen LogP contribution in [-0.2, 0) is 4.79 Å². The summed E-state index contributed by atoms with van der Waals surface area (Å²) in [6.45, 7) is 9.24. The van der Waals surface area contributed by atoms with Gasteiger partial charge in [-0.05, 0) is 12.3 Å². The first-order valence-corrected chi connectivity index (χ1v) is 6.31. The summed E-state index contributed by atoms with van der Waals surface area (Å²) in [5.74, 6) is 1.12. The number of carbonyl (C=O) groups excluding carboxylic acids is 1. The van der Waals surface area contributed by atoms with Crippen LogP contribution in [0, 0.1) is 11.8 Å². The number of hydrogen-bond donors (Lipinski definition) is 1. The van der Waals surface area contributed by atoms with Gasteiger partial charge in [0.25, 0.3) is 0 Å². The van der Waals surface area contributed by atoms with Gasteiger partial charge in [-0.3, -0.25) is 4.79 Å². The Balaban J connectivity index is 0. The molecular weight excluding hydrogens is 186 g/mol. The molecule has 0 bridgehead atoms. The van der Waals surface area contributed by atoms with E-state index in [1.807, 2.05) is 13.8 Å². The fraction of sp³-hybridized carbons (Fsp3) is 0.923. The van der Waals surface area contributed by atoms with Crippen LogP contribution in [0.3, 0.4) is 0 Å². The molecule has 0 radical (unpaired) electrons. The smallest absolute Gasteiger partial charge is 0.222 e. The number of rotatable bonds is 8. The lowest BCUT2D eigenvalue weighted by Crippen LogP contribution is -2.28. The lowest BCUT2D eigenvalue weighted by Gasteiger charge is -2.07. The van der Waals surface area contributed by atoms with E-state index in [4.69, 9.17) is 0 Å². The Morgan fingerprint density at radius 2 is 1.67 bits per heavy atom. The molecule has 1 amide bonds. The van der Waals surface area contributed by atoms with Crippen molar-refractivity contribution in [3.05, 3.63) is 0 Å². The topological polar surface area (TPSA) is 29.1 Å². The van der Waals surface area contributed by atoms with E-state index in [1.54, 1.807) is 0 Å². The molecule has 0 fully saturated rings. The van der Waals surface area contributed by atoms with Gasteiger partial charge in [0.05, 0.1) is 0 Å². The van der Waals surface area contributed by atoms with Gasteiger partial charge in [-0.2, -0.15) is 0 Å². The predicted octanol–water partition coefficient (Wildman–Crippen LogP) is 3.61. The minimum Gasteiger partial charge on any atom is -0.356 e. The van der Waals surface area contributed by atoms with Crippen LogP contribution >= 0.6 is 0 Å². The maximum atomic E-state index is 11.2. The molecule has 0 atom stereocenters. The van der Waals surface area contributed by atoms with Crippen molar-refractivity contribution in [2.24, 2.45) is 11.8 Å². The van der Waals surface area contributed by atoms with Gasteiger partial charge >= 0.3 is 0 Å². The number of hydrogen-bond acceptors (Lipinski definition) is 1. The molecule has 1 N–H and O–H groups in total. The van der Waals surface area contributed by atoms with Crippen molar-refractivity contribution in [2.45, 2.75) is 59.8 Å². The third-order valence-electron chi connectivity index (χ3n) is 2.53. The first kappa shape index (κ1) is 14.5. The molecule has 0 spiro atoms. The Morgan fingerprint density at radius 3 is 2.20 bits per heavy atom. The largest absolute Gasteiger partial charge is 0.356 e. The van der Waals surface area contributed by atoms with Gasteiger partial charge in [0.15, 0.2) is 0 Å². The second-order valence-corrected chi connectivity index (χ2v) is 5.04. The lowest BCUT2D eigenvalue weighted by molar-refractivity contribution is -0.123. The Morgan fingerprint density at radius 1 is 1.07 bits per heavy atom.